The van der Waals surface area contributed by atoms with Crippen LogP contribution in [0, 0.1) is 6.92 Å². The van der Waals surface area contributed by atoms with Gasteiger partial charge in [-0.2, -0.15) is 0 Å². The van der Waals surface area contributed by atoms with E-state index < -0.39 is 16.1 Å². The number of sulfonamides is 1. The number of rotatable bonds is 8. The summed E-state index contributed by atoms with van der Waals surface area (Å²) in [6, 6.07) is 11.1. The fourth-order valence-electron chi connectivity index (χ4n) is 3.06. The number of carbonyl (C=O) groups is 1. The molecule has 0 spiro atoms. The Morgan fingerprint density at radius 2 is 1.83 bits per heavy atom. The summed E-state index contributed by atoms with van der Waals surface area (Å²) in [4.78, 5) is 13.0. The third kappa shape index (κ3) is 5.64. The van der Waals surface area contributed by atoms with Gasteiger partial charge in [-0.05, 0) is 55.7 Å². The van der Waals surface area contributed by atoms with E-state index in [-0.39, 0.29) is 11.9 Å². The molecule has 2 atom stereocenters. The Kier molecular flexibility index (Phi) is 7.54. The Labute approximate surface area is 177 Å². The van der Waals surface area contributed by atoms with Gasteiger partial charge in [0.25, 0.3) is 0 Å². The second kappa shape index (κ2) is 9.50. The van der Waals surface area contributed by atoms with Crippen molar-refractivity contribution in [3.05, 3.63) is 58.6 Å². The third-order valence-corrected chi connectivity index (χ3v) is 6.30. The Morgan fingerprint density at radius 3 is 2.31 bits per heavy atom. The van der Waals surface area contributed by atoms with Crippen LogP contribution in [0.3, 0.4) is 0 Å². The second-order valence-corrected chi connectivity index (χ2v) is 9.19. The van der Waals surface area contributed by atoms with Crippen LogP contribution in [0.1, 0.15) is 37.4 Å². The molecule has 0 bridgehead atoms. The summed E-state index contributed by atoms with van der Waals surface area (Å²) in [7, 11) is -2.13. The highest BCUT2D eigenvalue weighted by Gasteiger charge is 2.32. The van der Waals surface area contributed by atoms with Crippen molar-refractivity contribution >= 4 is 33.2 Å². The van der Waals surface area contributed by atoms with E-state index in [9.17, 15) is 13.2 Å². The van der Waals surface area contributed by atoms with Crippen LogP contribution >= 0.6 is 11.6 Å². The summed E-state index contributed by atoms with van der Waals surface area (Å²) >= 11 is 6.19. The maximum atomic E-state index is 13.0. The minimum absolute atomic E-state index is 0.300. The number of nitrogens with zero attached hydrogens (tertiary/aromatic N) is 1. The SMILES string of the molecule is CC[C@@H](C(=O)N[C@@H](C)c1ccc(OC)cc1)N(c1ccc(C)c(Cl)c1)S(C)(=O)=O. The zero-order chi connectivity index (χ0) is 21.8. The Balaban J connectivity index is 2.30. The van der Waals surface area contributed by atoms with Gasteiger partial charge in [0.1, 0.15) is 11.8 Å². The van der Waals surface area contributed by atoms with Gasteiger partial charge in [-0.15, -0.1) is 0 Å². The zero-order valence-corrected chi connectivity index (χ0v) is 18.8. The van der Waals surface area contributed by atoms with E-state index in [1.54, 1.807) is 32.2 Å². The number of halogens is 1. The standard InChI is InChI=1S/C21H27ClN2O4S/c1-6-20(21(25)23-15(3)16-8-11-18(28-4)12-9-16)24(29(5,26)27)17-10-7-14(2)19(22)13-17/h7-13,15,20H,6H2,1-5H3,(H,23,25)/t15-,20-/m0/s1. The molecular weight excluding hydrogens is 412 g/mol. The van der Waals surface area contributed by atoms with Gasteiger partial charge >= 0.3 is 0 Å². The summed E-state index contributed by atoms with van der Waals surface area (Å²) in [6.45, 7) is 5.45. The van der Waals surface area contributed by atoms with Gasteiger partial charge in [-0.25, -0.2) is 8.42 Å². The number of anilines is 1. The molecule has 0 saturated carbocycles. The normalized spacial score (nSPS) is 13.4. The van der Waals surface area contributed by atoms with E-state index in [0.717, 1.165) is 27.4 Å². The summed E-state index contributed by atoms with van der Waals surface area (Å²) in [6.07, 6.45) is 1.39. The van der Waals surface area contributed by atoms with Gasteiger partial charge in [0.05, 0.1) is 25.1 Å². The van der Waals surface area contributed by atoms with Crippen LogP contribution in [0.5, 0.6) is 5.75 Å². The molecular formula is C21H27ClN2O4S. The lowest BCUT2D eigenvalue weighted by Gasteiger charge is -2.31. The average molecular weight is 439 g/mol. The Bertz CT molecular complexity index is 961. The van der Waals surface area contributed by atoms with E-state index in [4.69, 9.17) is 16.3 Å². The van der Waals surface area contributed by atoms with Crippen molar-refractivity contribution in [3.8, 4) is 5.75 Å². The molecule has 0 saturated heterocycles. The van der Waals surface area contributed by atoms with Crippen LogP contribution in [-0.2, 0) is 14.8 Å². The number of ether oxygens (including phenoxy) is 1. The van der Waals surface area contributed by atoms with Gasteiger partial charge in [0, 0.05) is 5.02 Å². The lowest BCUT2D eigenvalue weighted by Crippen LogP contribution is -2.49. The second-order valence-electron chi connectivity index (χ2n) is 6.92. The van der Waals surface area contributed by atoms with Crippen molar-refractivity contribution in [2.24, 2.45) is 0 Å². The molecule has 6 nitrogen and oxygen atoms in total. The van der Waals surface area contributed by atoms with Crippen LogP contribution in [-0.4, -0.2) is 33.7 Å². The average Bonchev–Trinajstić information content (AvgIpc) is 2.67. The number of aryl methyl sites for hydroxylation is 1. The topological polar surface area (TPSA) is 75.7 Å². The summed E-state index contributed by atoms with van der Waals surface area (Å²) in [5.74, 6) is 0.344. The van der Waals surface area contributed by atoms with Crippen LogP contribution in [0.2, 0.25) is 5.02 Å². The van der Waals surface area contributed by atoms with Gasteiger partial charge in [0.15, 0.2) is 0 Å². The monoisotopic (exact) mass is 438 g/mol. The molecule has 1 N–H and O–H groups in total. The first-order chi connectivity index (χ1) is 13.6. The molecule has 158 valence electrons. The molecule has 0 radical (unpaired) electrons. The minimum Gasteiger partial charge on any atom is -0.497 e. The Morgan fingerprint density at radius 1 is 1.21 bits per heavy atom. The lowest BCUT2D eigenvalue weighted by molar-refractivity contribution is -0.122. The van der Waals surface area contributed by atoms with E-state index in [1.165, 1.54) is 0 Å². The van der Waals surface area contributed by atoms with Gasteiger partial charge in [0.2, 0.25) is 15.9 Å². The van der Waals surface area contributed by atoms with E-state index in [1.807, 2.05) is 38.1 Å². The largest absolute Gasteiger partial charge is 0.497 e. The molecule has 0 heterocycles. The predicted molar refractivity (Wildman–Crippen MR) is 117 cm³/mol. The zero-order valence-electron chi connectivity index (χ0n) is 17.3. The Hall–Kier alpha value is -2.25. The molecule has 0 unspecified atom stereocenters. The number of methoxy groups -OCH3 is 1. The molecule has 0 aromatic heterocycles. The first-order valence-corrected chi connectivity index (χ1v) is 11.5. The molecule has 2 aromatic carbocycles. The molecule has 8 heteroatoms. The van der Waals surface area contributed by atoms with Crippen molar-refractivity contribution in [1.29, 1.82) is 0 Å². The predicted octanol–water partition coefficient (Wildman–Crippen LogP) is 4.08. The molecule has 0 aliphatic rings. The fraction of sp³-hybridized carbons (Fsp3) is 0.381. The van der Waals surface area contributed by atoms with E-state index >= 15 is 0 Å². The van der Waals surface area contributed by atoms with E-state index in [0.29, 0.717) is 17.1 Å². The molecule has 2 rings (SSSR count). The van der Waals surface area contributed by atoms with Crippen molar-refractivity contribution in [1.82, 2.24) is 5.32 Å². The lowest BCUT2D eigenvalue weighted by atomic mass is 10.1. The van der Waals surface area contributed by atoms with Gasteiger partial charge in [-0.1, -0.05) is 36.7 Å². The minimum atomic E-state index is -3.72. The summed E-state index contributed by atoms with van der Waals surface area (Å²) in [5, 5.41) is 3.36. The maximum absolute atomic E-state index is 13.0. The van der Waals surface area contributed by atoms with E-state index in [2.05, 4.69) is 5.32 Å². The fourth-order valence-corrected chi connectivity index (χ4v) is 4.44. The molecule has 0 aliphatic heterocycles. The molecule has 2 aromatic rings. The summed E-state index contributed by atoms with van der Waals surface area (Å²) < 4.78 is 31.4. The number of benzene rings is 2. The first-order valence-electron chi connectivity index (χ1n) is 9.28. The third-order valence-electron chi connectivity index (χ3n) is 4.71. The maximum Gasteiger partial charge on any atom is 0.244 e. The number of carbonyl (C=O) groups excluding carboxylic acids is 1. The van der Waals surface area contributed by atoms with Crippen LogP contribution in [0.25, 0.3) is 0 Å². The number of amides is 1. The van der Waals surface area contributed by atoms with Crippen molar-refractivity contribution in [2.75, 3.05) is 17.7 Å². The molecule has 0 fully saturated rings. The highest BCUT2D eigenvalue weighted by atomic mass is 35.5. The highest BCUT2D eigenvalue weighted by Crippen LogP contribution is 2.28. The van der Waals surface area contributed by atoms with Crippen LogP contribution < -0.4 is 14.4 Å². The molecule has 1 amide bonds. The van der Waals surface area contributed by atoms with Crippen molar-refractivity contribution in [3.63, 3.8) is 0 Å². The van der Waals surface area contributed by atoms with Crippen LogP contribution in [0.4, 0.5) is 5.69 Å². The number of hydrogen-bond acceptors (Lipinski definition) is 4. The molecule has 0 aliphatic carbocycles. The smallest absolute Gasteiger partial charge is 0.244 e. The molecule has 29 heavy (non-hydrogen) atoms. The highest BCUT2D eigenvalue weighted by molar-refractivity contribution is 7.92. The van der Waals surface area contributed by atoms with Crippen molar-refractivity contribution in [2.45, 2.75) is 39.3 Å². The number of hydrogen-bond donors (Lipinski definition) is 1. The quantitative estimate of drug-likeness (QED) is 0.673. The van der Waals surface area contributed by atoms with Gasteiger partial charge < -0.3 is 10.1 Å². The van der Waals surface area contributed by atoms with Gasteiger partial charge in [-0.3, -0.25) is 9.10 Å². The number of nitrogens with one attached hydrogen (secondary N) is 1. The summed E-state index contributed by atoms with van der Waals surface area (Å²) in [5.41, 5.74) is 2.08. The van der Waals surface area contributed by atoms with Crippen LogP contribution in [0.15, 0.2) is 42.5 Å². The van der Waals surface area contributed by atoms with Crippen molar-refractivity contribution < 1.29 is 17.9 Å². The first kappa shape index (κ1) is 23.0.